The lowest BCUT2D eigenvalue weighted by Crippen LogP contribution is -2.32. The summed E-state index contributed by atoms with van der Waals surface area (Å²) in [6, 6.07) is 17.6. The zero-order valence-electron chi connectivity index (χ0n) is 16.5. The van der Waals surface area contributed by atoms with Crippen LogP contribution in [0.15, 0.2) is 77.5 Å². The highest BCUT2D eigenvalue weighted by molar-refractivity contribution is 6.54. The highest BCUT2D eigenvalue weighted by Crippen LogP contribution is 2.37. The number of nitrogens with one attached hydrogen (secondary N) is 2. The van der Waals surface area contributed by atoms with Gasteiger partial charge in [0, 0.05) is 22.0 Å². The van der Waals surface area contributed by atoms with Crippen LogP contribution in [0.4, 0.5) is 17.1 Å². The first-order valence-electron chi connectivity index (χ1n) is 9.43. The molecule has 0 aromatic heterocycles. The lowest BCUT2D eigenvalue weighted by Gasteiger charge is -2.17. The SMILES string of the molecule is O=C(Nc1ccc(Cl)cc1)c1cccc(NC2=C(Cl)C(=O)N(c3cccc(Cl)c3Cl)C2=O)c1. The maximum absolute atomic E-state index is 13.0. The highest BCUT2D eigenvalue weighted by atomic mass is 35.5. The molecule has 6 nitrogen and oxygen atoms in total. The van der Waals surface area contributed by atoms with Gasteiger partial charge < -0.3 is 10.6 Å². The minimum absolute atomic E-state index is 0.0486. The zero-order valence-corrected chi connectivity index (χ0v) is 19.6. The van der Waals surface area contributed by atoms with E-state index in [2.05, 4.69) is 10.6 Å². The Morgan fingerprint density at radius 3 is 2.21 bits per heavy atom. The van der Waals surface area contributed by atoms with Crippen molar-refractivity contribution in [2.45, 2.75) is 0 Å². The number of hydrogen-bond donors (Lipinski definition) is 2. The van der Waals surface area contributed by atoms with Gasteiger partial charge in [0.15, 0.2) is 0 Å². The molecule has 10 heteroatoms. The van der Waals surface area contributed by atoms with Crippen molar-refractivity contribution < 1.29 is 14.4 Å². The third-order valence-corrected chi connectivity index (χ3v) is 6.11. The second kappa shape index (κ2) is 9.45. The Kier molecular flexibility index (Phi) is 6.63. The van der Waals surface area contributed by atoms with E-state index in [1.165, 1.54) is 18.2 Å². The Labute approximate surface area is 208 Å². The maximum Gasteiger partial charge on any atom is 0.283 e. The number of benzene rings is 3. The molecule has 1 aliphatic heterocycles. The molecule has 0 aliphatic carbocycles. The molecular formula is C23H13Cl4N3O3. The molecule has 33 heavy (non-hydrogen) atoms. The van der Waals surface area contributed by atoms with Crippen molar-refractivity contribution in [1.82, 2.24) is 0 Å². The van der Waals surface area contributed by atoms with Crippen molar-refractivity contribution in [3.63, 3.8) is 0 Å². The minimum atomic E-state index is -0.745. The molecule has 3 amide bonds. The van der Waals surface area contributed by atoms with Crippen molar-refractivity contribution in [2.24, 2.45) is 0 Å². The number of imide groups is 1. The number of anilines is 3. The van der Waals surface area contributed by atoms with Gasteiger partial charge in [-0.1, -0.05) is 58.5 Å². The second-order valence-corrected chi connectivity index (χ2v) is 8.47. The van der Waals surface area contributed by atoms with Gasteiger partial charge in [-0.2, -0.15) is 0 Å². The number of rotatable bonds is 5. The normalized spacial score (nSPS) is 13.5. The largest absolute Gasteiger partial charge is 0.350 e. The fourth-order valence-corrected chi connectivity index (χ4v) is 3.83. The van der Waals surface area contributed by atoms with Gasteiger partial charge >= 0.3 is 0 Å². The molecular weight excluding hydrogens is 508 g/mol. The van der Waals surface area contributed by atoms with Crippen LogP contribution in [0.5, 0.6) is 0 Å². The van der Waals surface area contributed by atoms with Gasteiger partial charge in [0.05, 0.1) is 15.7 Å². The molecule has 3 aromatic carbocycles. The minimum Gasteiger partial charge on any atom is -0.350 e. The molecule has 166 valence electrons. The van der Waals surface area contributed by atoms with E-state index in [0.717, 1.165) is 4.90 Å². The number of nitrogens with zero attached hydrogens (tertiary/aromatic N) is 1. The van der Waals surface area contributed by atoms with Crippen molar-refractivity contribution in [3.05, 3.63) is 98.1 Å². The first-order chi connectivity index (χ1) is 15.8. The summed E-state index contributed by atoms with van der Waals surface area (Å²) >= 11 is 24.2. The quantitative estimate of drug-likeness (QED) is 0.385. The van der Waals surface area contributed by atoms with E-state index in [1.54, 1.807) is 48.5 Å². The third-order valence-electron chi connectivity index (χ3n) is 4.70. The topological polar surface area (TPSA) is 78.5 Å². The first kappa shape index (κ1) is 23.1. The van der Waals surface area contributed by atoms with Crippen LogP contribution in [0.3, 0.4) is 0 Å². The van der Waals surface area contributed by atoms with Crippen LogP contribution in [0.1, 0.15) is 10.4 Å². The second-order valence-electron chi connectivity index (χ2n) is 6.87. The van der Waals surface area contributed by atoms with Crippen molar-refractivity contribution in [1.29, 1.82) is 0 Å². The molecule has 1 aliphatic rings. The summed E-state index contributed by atoms with van der Waals surface area (Å²) in [6.07, 6.45) is 0. The molecule has 0 bridgehead atoms. The van der Waals surface area contributed by atoms with E-state index in [9.17, 15) is 14.4 Å². The van der Waals surface area contributed by atoms with Crippen LogP contribution < -0.4 is 15.5 Å². The van der Waals surface area contributed by atoms with Gasteiger partial charge in [-0.3, -0.25) is 14.4 Å². The van der Waals surface area contributed by atoms with Gasteiger partial charge in [0.1, 0.15) is 10.7 Å². The van der Waals surface area contributed by atoms with E-state index in [4.69, 9.17) is 46.4 Å². The number of amides is 3. The van der Waals surface area contributed by atoms with Crippen molar-refractivity contribution in [2.75, 3.05) is 15.5 Å². The number of hydrogen-bond acceptors (Lipinski definition) is 4. The van der Waals surface area contributed by atoms with Crippen LogP contribution in [0.25, 0.3) is 0 Å². The number of carbonyl (C=O) groups is 3. The summed E-state index contributed by atoms with van der Waals surface area (Å²) in [4.78, 5) is 39.1. The molecule has 0 unspecified atom stereocenters. The van der Waals surface area contributed by atoms with Gasteiger partial charge in [-0.15, -0.1) is 0 Å². The number of carbonyl (C=O) groups excluding carboxylic acids is 3. The van der Waals surface area contributed by atoms with E-state index >= 15 is 0 Å². The molecule has 0 saturated heterocycles. The lowest BCUT2D eigenvalue weighted by molar-refractivity contribution is -0.120. The van der Waals surface area contributed by atoms with Crippen LogP contribution in [-0.4, -0.2) is 17.7 Å². The van der Waals surface area contributed by atoms with Crippen molar-refractivity contribution >= 4 is 81.2 Å². The van der Waals surface area contributed by atoms with Crippen LogP contribution in [0.2, 0.25) is 15.1 Å². The van der Waals surface area contributed by atoms with E-state index < -0.39 is 11.8 Å². The molecule has 0 spiro atoms. The average molecular weight is 521 g/mol. The summed E-state index contributed by atoms with van der Waals surface area (Å²) in [6.45, 7) is 0. The molecule has 0 radical (unpaired) electrons. The predicted molar refractivity (Wildman–Crippen MR) is 131 cm³/mol. The lowest BCUT2D eigenvalue weighted by atomic mass is 10.1. The Hall–Kier alpha value is -3.03. The summed E-state index contributed by atoms with van der Waals surface area (Å²) in [5.41, 5.74) is 1.24. The van der Waals surface area contributed by atoms with Gasteiger partial charge in [0.25, 0.3) is 17.7 Å². The summed E-state index contributed by atoms with van der Waals surface area (Å²) < 4.78 is 0. The summed E-state index contributed by atoms with van der Waals surface area (Å²) in [5.74, 6) is -1.82. The molecule has 0 fully saturated rings. The molecule has 3 aromatic rings. The average Bonchev–Trinajstić information content (AvgIpc) is 3.00. The molecule has 0 saturated carbocycles. The molecule has 2 N–H and O–H groups in total. The number of halogens is 4. The van der Waals surface area contributed by atoms with Crippen LogP contribution in [0, 0.1) is 0 Å². The Morgan fingerprint density at radius 2 is 1.48 bits per heavy atom. The molecule has 1 heterocycles. The summed E-state index contributed by atoms with van der Waals surface area (Å²) in [7, 11) is 0. The van der Waals surface area contributed by atoms with Gasteiger partial charge in [-0.25, -0.2) is 4.90 Å². The van der Waals surface area contributed by atoms with Crippen molar-refractivity contribution in [3.8, 4) is 0 Å². The predicted octanol–water partition coefficient (Wildman–Crippen LogP) is 6.33. The van der Waals surface area contributed by atoms with E-state index in [1.807, 2.05) is 0 Å². The highest BCUT2D eigenvalue weighted by Gasteiger charge is 2.40. The fourth-order valence-electron chi connectivity index (χ4n) is 3.11. The Morgan fingerprint density at radius 1 is 0.788 bits per heavy atom. The zero-order chi connectivity index (χ0) is 23.7. The smallest absolute Gasteiger partial charge is 0.283 e. The van der Waals surface area contributed by atoms with Crippen LogP contribution >= 0.6 is 46.4 Å². The Balaban J connectivity index is 1.56. The third kappa shape index (κ3) is 4.70. The molecule has 4 rings (SSSR count). The van der Waals surface area contributed by atoms with Gasteiger partial charge in [0.2, 0.25) is 0 Å². The van der Waals surface area contributed by atoms with Gasteiger partial charge in [-0.05, 0) is 54.6 Å². The monoisotopic (exact) mass is 519 g/mol. The fraction of sp³-hybridized carbons (Fsp3) is 0. The summed E-state index contributed by atoms with van der Waals surface area (Å²) in [5, 5.41) is 6.06. The van der Waals surface area contributed by atoms with Crippen LogP contribution in [-0.2, 0) is 9.59 Å². The standard InChI is InChI=1S/C23H13Cl4N3O3/c24-13-7-9-14(10-8-13)29-21(31)12-3-1-4-15(11-12)28-20-19(27)22(32)30(23(20)33)17-6-2-5-16(25)18(17)26/h1-11,28H,(H,29,31). The molecule has 0 atom stereocenters. The first-order valence-corrected chi connectivity index (χ1v) is 10.9. The Bertz CT molecular complexity index is 1320. The van der Waals surface area contributed by atoms with E-state index in [-0.39, 0.29) is 32.4 Å². The maximum atomic E-state index is 13.0. The van der Waals surface area contributed by atoms with E-state index in [0.29, 0.717) is 22.0 Å².